The molecule has 2 amide bonds. The molecule has 6 nitrogen and oxygen atoms in total. The molecule has 3 saturated heterocycles. The topological polar surface area (TPSA) is 67.9 Å². The molecule has 29 heavy (non-hydrogen) atoms. The molecule has 1 aromatic carbocycles. The van der Waals surface area contributed by atoms with Gasteiger partial charge in [0.05, 0.1) is 25.3 Å². The van der Waals surface area contributed by atoms with Crippen molar-refractivity contribution in [3.63, 3.8) is 0 Å². The third-order valence-electron chi connectivity index (χ3n) is 7.54. The summed E-state index contributed by atoms with van der Waals surface area (Å²) in [7, 11) is 1.52. The Balaban J connectivity index is 1.37. The van der Waals surface area contributed by atoms with Crippen LogP contribution in [-0.4, -0.2) is 55.3 Å². The van der Waals surface area contributed by atoms with E-state index in [1.807, 2.05) is 12.1 Å². The van der Waals surface area contributed by atoms with Crippen LogP contribution in [0.4, 0.5) is 9.18 Å². The van der Waals surface area contributed by atoms with Crippen molar-refractivity contribution in [2.24, 2.45) is 11.8 Å². The number of carbonyl (C=O) groups excluding carboxylic acids is 2. The third-order valence-corrected chi connectivity index (χ3v) is 7.54. The van der Waals surface area contributed by atoms with Gasteiger partial charge in [-0.05, 0) is 55.2 Å². The monoisotopic (exact) mass is 402 g/mol. The summed E-state index contributed by atoms with van der Waals surface area (Å²) in [6, 6.07) is 6.78. The summed E-state index contributed by atoms with van der Waals surface area (Å²) in [5.74, 6) is 0.610. The molecule has 1 N–H and O–H groups in total. The van der Waals surface area contributed by atoms with Crippen molar-refractivity contribution < 1.29 is 23.5 Å². The Morgan fingerprint density at radius 1 is 1.14 bits per heavy atom. The van der Waals surface area contributed by atoms with Gasteiger partial charge < -0.3 is 19.7 Å². The van der Waals surface area contributed by atoms with Gasteiger partial charge in [0.1, 0.15) is 11.9 Å². The Bertz CT molecular complexity index is 778. The fourth-order valence-electron chi connectivity index (χ4n) is 6.23. The molecule has 3 aliphatic heterocycles. The standard InChI is InChI=1S/C22H27FN2O4/c1-24-21(27)29-19-11-25(12-19)20(26)10-22(13-2-4-16(23)5-3-13)14-6-17-8-15(22)9-18(7-14)28-17/h2-5,14-15,17-19H,6-12H2,1H3,(H,24,27). The number of hydrogen-bond acceptors (Lipinski definition) is 4. The Morgan fingerprint density at radius 3 is 2.28 bits per heavy atom. The van der Waals surface area contributed by atoms with E-state index in [1.165, 1.54) is 19.2 Å². The van der Waals surface area contributed by atoms with Crippen molar-refractivity contribution in [2.45, 2.75) is 55.8 Å². The zero-order valence-corrected chi connectivity index (χ0v) is 16.6. The summed E-state index contributed by atoms with van der Waals surface area (Å²) in [5.41, 5.74) is 0.827. The van der Waals surface area contributed by atoms with Gasteiger partial charge in [-0.1, -0.05) is 12.1 Å². The van der Waals surface area contributed by atoms with Crippen molar-refractivity contribution in [3.8, 4) is 0 Å². The summed E-state index contributed by atoms with van der Waals surface area (Å²) >= 11 is 0. The van der Waals surface area contributed by atoms with Gasteiger partial charge in [0.2, 0.25) is 5.91 Å². The second-order valence-electron chi connectivity index (χ2n) is 9.02. The number of carbonyl (C=O) groups is 2. The van der Waals surface area contributed by atoms with Crippen molar-refractivity contribution in [1.82, 2.24) is 10.2 Å². The summed E-state index contributed by atoms with van der Waals surface area (Å²) in [6.07, 6.45) is 4.21. The number of nitrogens with one attached hydrogen (secondary N) is 1. The lowest BCUT2D eigenvalue weighted by atomic mass is 9.48. The van der Waals surface area contributed by atoms with Crippen molar-refractivity contribution in [2.75, 3.05) is 20.1 Å². The molecule has 0 spiro atoms. The first-order valence-corrected chi connectivity index (χ1v) is 10.6. The van der Waals surface area contributed by atoms with Crippen LogP contribution in [0.25, 0.3) is 0 Å². The highest BCUT2D eigenvalue weighted by Crippen LogP contribution is 2.60. The van der Waals surface area contributed by atoms with Crippen molar-refractivity contribution in [3.05, 3.63) is 35.6 Å². The Morgan fingerprint density at radius 2 is 1.72 bits per heavy atom. The highest BCUT2D eigenvalue weighted by molar-refractivity contribution is 5.79. The van der Waals surface area contributed by atoms with E-state index in [2.05, 4.69) is 5.32 Å². The minimum absolute atomic E-state index is 0.0967. The maximum atomic E-state index is 13.6. The highest BCUT2D eigenvalue weighted by Gasteiger charge is 2.59. The summed E-state index contributed by atoms with van der Waals surface area (Å²) in [4.78, 5) is 26.4. The number of nitrogens with zero attached hydrogens (tertiary/aromatic N) is 1. The molecule has 3 heterocycles. The highest BCUT2D eigenvalue weighted by atomic mass is 19.1. The zero-order chi connectivity index (χ0) is 20.2. The largest absolute Gasteiger partial charge is 0.442 e. The first-order chi connectivity index (χ1) is 14.0. The summed E-state index contributed by atoms with van der Waals surface area (Å²) < 4.78 is 25.0. The molecule has 5 fully saturated rings. The van der Waals surface area contributed by atoms with Gasteiger partial charge in [0, 0.05) is 18.9 Å². The first-order valence-electron chi connectivity index (χ1n) is 10.6. The lowest BCUT2D eigenvalue weighted by Gasteiger charge is -2.61. The molecular weight excluding hydrogens is 375 g/mol. The van der Waals surface area contributed by atoms with Crippen molar-refractivity contribution in [1.29, 1.82) is 0 Å². The number of hydrogen-bond donors (Lipinski definition) is 1. The lowest BCUT2D eigenvalue weighted by Crippen LogP contribution is -2.62. The van der Waals surface area contributed by atoms with Crippen molar-refractivity contribution >= 4 is 12.0 Å². The van der Waals surface area contributed by atoms with Crippen LogP contribution in [0.15, 0.2) is 24.3 Å². The number of amides is 2. The van der Waals surface area contributed by atoms with Crippen LogP contribution in [0.5, 0.6) is 0 Å². The molecule has 7 heteroatoms. The number of alkyl carbamates (subject to hydrolysis) is 1. The maximum absolute atomic E-state index is 13.6. The first kappa shape index (κ1) is 18.9. The maximum Gasteiger partial charge on any atom is 0.407 e. The van der Waals surface area contributed by atoms with E-state index in [-0.39, 0.29) is 23.2 Å². The van der Waals surface area contributed by atoms with Gasteiger partial charge in [-0.2, -0.15) is 0 Å². The van der Waals surface area contributed by atoms with E-state index in [1.54, 1.807) is 4.90 Å². The number of ether oxygens (including phenoxy) is 2. The van der Waals surface area contributed by atoms with E-state index in [9.17, 15) is 14.0 Å². The van der Waals surface area contributed by atoms with E-state index in [0.717, 1.165) is 31.2 Å². The normalized spacial score (nSPS) is 35.3. The molecule has 1 aromatic rings. The quantitative estimate of drug-likeness (QED) is 0.841. The second kappa shape index (κ2) is 6.97. The molecule has 5 aliphatic rings. The molecular formula is C22H27FN2O4. The van der Waals surface area contributed by atoms with E-state index in [0.29, 0.717) is 43.6 Å². The number of halogens is 1. The predicted octanol–water partition coefficient (Wildman–Crippen LogP) is 2.61. The Labute approximate surface area is 169 Å². The van der Waals surface area contributed by atoms with Gasteiger partial charge in [-0.3, -0.25) is 4.79 Å². The van der Waals surface area contributed by atoms with Gasteiger partial charge in [-0.25, -0.2) is 9.18 Å². The molecule has 2 saturated carbocycles. The van der Waals surface area contributed by atoms with E-state index < -0.39 is 6.09 Å². The second-order valence-corrected chi connectivity index (χ2v) is 9.02. The minimum atomic E-state index is -0.467. The third kappa shape index (κ3) is 3.10. The molecule has 4 bridgehead atoms. The smallest absolute Gasteiger partial charge is 0.407 e. The average molecular weight is 402 g/mol. The van der Waals surface area contributed by atoms with Gasteiger partial charge in [0.25, 0.3) is 0 Å². The van der Waals surface area contributed by atoms with Crippen LogP contribution < -0.4 is 5.32 Å². The number of likely N-dealkylation sites (tertiary alicyclic amines) is 1. The van der Waals surface area contributed by atoms with Gasteiger partial charge in [-0.15, -0.1) is 0 Å². The lowest BCUT2D eigenvalue weighted by molar-refractivity contribution is -0.194. The molecule has 0 radical (unpaired) electrons. The molecule has 0 aromatic heterocycles. The fourth-order valence-corrected chi connectivity index (χ4v) is 6.23. The molecule has 0 unspecified atom stereocenters. The van der Waals surface area contributed by atoms with Crippen LogP contribution in [0.3, 0.4) is 0 Å². The van der Waals surface area contributed by atoms with Crippen LogP contribution in [0.1, 0.15) is 37.7 Å². The van der Waals surface area contributed by atoms with Crippen LogP contribution >= 0.6 is 0 Å². The van der Waals surface area contributed by atoms with Crippen LogP contribution in [-0.2, 0) is 19.7 Å². The number of rotatable bonds is 4. The fraction of sp³-hybridized carbons (Fsp3) is 0.636. The SMILES string of the molecule is CNC(=O)OC1CN(C(=O)CC2(c3ccc(F)cc3)C3CC4CC2CC(C3)O4)C1. The zero-order valence-electron chi connectivity index (χ0n) is 16.6. The van der Waals surface area contributed by atoms with Crippen LogP contribution in [0, 0.1) is 17.7 Å². The van der Waals surface area contributed by atoms with Gasteiger partial charge in [0.15, 0.2) is 0 Å². The van der Waals surface area contributed by atoms with E-state index in [4.69, 9.17) is 9.47 Å². The molecule has 6 rings (SSSR count). The molecule has 2 aliphatic carbocycles. The minimum Gasteiger partial charge on any atom is -0.442 e. The van der Waals surface area contributed by atoms with E-state index >= 15 is 0 Å². The predicted molar refractivity (Wildman–Crippen MR) is 103 cm³/mol. The Hall–Kier alpha value is -2.15. The molecule has 156 valence electrons. The summed E-state index contributed by atoms with van der Waals surface area (Å²) in [5, 5.41) is 2.43. The van der Waals surface area contributed by atoms with Crippen LogP contribution in [0.2, 0.25) is 0 Å². The number of benzene rings is 1. The summed E-state index contributed by atoms with van der Waals surface area (Å²) in [6.45, 7) is 0.880. The average Bonchev–Trinajstić information content (AvgIpc) is 2.67. The van der Waals surface area contributed by atoms with Gasteiger partial charge >= 0.3 is 6.09 Å². The Kier molecular flexibility index (Phi) is 4.53. The molecule has 0 atom stereocenters.